The highest BCUT2D eigenvalue weighted by Gasteiger charge is 2.27. The molecule has 1 aromatic carbocycles. The van der Waals surface area contributed by atoms with Crippen LogP contribution in [-0.2, 0) is 9.59 Å². The van der Waals surface area contributed by atoms with Crippen LogP contribution in [0.25, 0.3) is 0 Å². The minimum absolute atomic E-state index is 0.0482. The number of imide groups is 1. The zero-order chi connectivity index (χ0) is 12.3. The summed E-state index contributed by atoms with van der Waals surface area (Å²) in [4.78, 5) is 25.1. The predicted molar refractivity (Wildman–Crippen MR) is 67.5 cm³/mol. The first-order chi connectivity index (χ1) is 8.16. The molecule has 1 aliphatic heterocycles. The second-order valence-corrected chi connectivity index (χ2v) is 5.02. The molecule has 2 rings (SSSR count). The Morgan fingerprint density at radius 3 is 2.29 bits per heavy atom. The lowest BCUT2D eigenvalue weighted by Crippen LogP contribution is -2.31. The monoisotopic (exact) mass is 250 g/mol. The van der Waals surface area contributed by atoms with Crippen LogP contribution in [0.3, 0.4) is 0 Å². The third-order valence-electron chi connectivity index (χ3n) is 2.62. The second-order valence-electron chi connectivity index (χ2n) is 3.86. The van der Waals surface area contributed by atoms with Crippen molar-refractivity contribution in [3.8, 4) is 0 Å². The van der Waals surface area contributed by atoms with Crippen molar-refractivity contribution in [3.63, 3.8) is 0 Å². The van der Waals surface area contributed by atoms with Gasteiger partial charge in [0.05, 0.1) is 0 Å². The van der Waals surface area contributed by atoms with Gasteiger partial charge in [-0.2, -0.15) is 0 Å². The Morgan fingerprint density at radius 1 is 1.12 bits per heavy atom. The molecule has 4 nitrogen and oxygen atoms in total. The van der Waals surface area contributed by atoms with Gasteiger partial charge >= 0.3 is 0 Å². The number of nitrogens with zero attached hydrogens (tertiary/aromatic N) is 1. The number of likely N-dealkylation sites (tertiary alicyclic amines) is 1. The van der Waals surface area contributed by atoms with E-state index in [1.807, 2.05) is 24.3 Å². The van der Waals surface area contributed by atoms with Crippen molar-refractivity contribution in [3.05, 3.63) is 24.3 Å². The minimum atomic E-state index is -0.0482. The quantitative estimate of drug-likeness (QED) is 0.500. The zero-order valence-corrected chi connectivity index (χ0v) is 10.2. The first kappa shape index (κ1) is 12.0. The summed E-state index contributed by atoms with van der Waals surface area (Å²) in [7, 11) is 0. The summed E-state index contributed by atoms with van der Waals surface area (Å²) in [5, 5.41) is 0. The first-order valence-electron chi connectivity index (χ1n) is 5.48. The third kappa shape index (κ3) is 3.00. The highest BCUT2D eigenvalue weighted by Crippen LogP contribution is 2.20. The van der Waals surface area contributed by atoms with E-state index in [4.69, 9.17) is 5.73 Å². The molecule has 1 saturated heterocycles. The summed E-state index contributed by atoms with van der Waals surface area (Å²) in [6.45, 7) is 0.493. The maximum absolute atomic E-state index is 11.4. The number of amides is 2. The van der Waals surface area contributed by atoms with Gasteiger partial charge in [0, 0.05) is 35.7 Å². The number of thioether (sulfide) groups is 1. The molecule has 5 heteroatoms. The predicted octanol–water partition coefficient (Wildman–Crippen LogP) is 1.51. The van der Waals surface area contributed by atoms with Crippen molar-refractivity contribution < 1.29 is 9.59 Å². The van der Waals surface area contributed by atoms with Crippen LogP contribution >= 0.6 is 11.8 Å². The van der Waals surface area contributed by atoms with Crippen LogP contribution in [0.5, 0.6) is 0 Å². The molecule has 0 atom stereocenters. The maximum Gasteiger partial charge on any atom is 0.229 e. The van der Waals surface area contributed by atoms with Crippen LogP contribution in [0.4, 0.5) is 5.69 Å². The van der Waals surface area contributed by atoms with E-state index >= 15 is 0 Å². The second kappa shape index (κ2) is 5.23. The summed E-state index contributed by atoms with van der Waals surface area (Å²) >= 11 is 1.62. The molecule has 1 aromatic rings. The van der Waals surface area contributed by atoms with Crippen LogP contribution in [0.1, 0.15) is 12.8 Å². The molecule has 1 heterocycles. The molecular formula is C12H14N2O2S. The highest BCUT2D eigenvalue weighted by molar-refractivity contribution is 7.99. The van der Waals surface area contributed by atoms with Gasteiger partial charge in [-0.25, -0.2) is 0 Å². The van der Waals surface area contributed by atoms with Crippen molar-refractivity contribution >= 4 is 29.3 Å². The molecule has 0 radical (unpaired) electrons. The van der Waals surface area contributed by atoms with Crippen molar-refractivity contribution in [2.75, 3.05) is 18.0 Å². The van der Waals surface area contributed by atoms with Crippen LogP contribution in [0.2, 0.25) is 0 Å². The summed E-state index contributed by atoms with van der Waals surface area (Å²) in [6, 6.07) is 7.56. The highest BCUT2D eigenvalue weighted by atomic mass is 32.2. The van der Waals surface area contributed by atoms with Gasteiger partial charge in [-0.15, -0.1) is 11.8 Å². The van der Waals surface area contributed by atoms with Gasteiger partial charge < -0.3 is 5.73 Å². The van der Waals surface area contributed by atoms with E-state index in [1.165, 1.54) is 4.90 Å². The SMILES string of the molecule is Nc1ccc(SCCN2C(=O)CCC2=O)cc1. The molecule has 1 fully saturated rings. The largest absolute Gasteiger partial charge is 0.399 e. The molecule has 2 N–H and O–H groups in total. The third-order valence-corrected chi connectivity index (χ3v) is 3.61. The Kier molecular flexibility index (Phi) is 3.68. The molecule has 2 amide bonds. The Morgan fingerprint density at radius 2 is 1.71 bits per heavy atom. The molecule has 0 bridgehead atoms. The van der Waals surface area contributed by atoms with Gasteiger partial charge in [0.25, 0.3) is 0 Å². The number of benzene rings is 1. The van der Waals surface area contributed by atoms with E-state index < -0.39 is 0 Å². The van der Waals surface area contributed by atoms with Gasteiger partial charge in [0.2, 0.25) is 11.8 Å². The number of anilines is 1. The normalized spacial score (nSPS) is 15.6. The van der Waals surface area contributed by atoms with E-state index in [0.29, 0.717) is 19.4 Å². The minimum Gasteiger partial charge on any atom is -0.399 e. The van der Waals surface area contributed by atoms with E-state index in [0.717, 1.165) is 16.3 Å². The molecule has 17 heavy (non-hydrogen) atoms. The Labute approximate surface area is 104 Å². The van der Waals surface area contributed by atoms with Crippen LogP contribution in [-0.4, -0.2) is 29.0 Å². The average molecular weight is 250 g/mol. The smallest absolute Gasteiger partial charge is 0.229 e. The van der Waals surface area contributed by atoms with Gasteiger partial charge in [-0.05, 0) is 24.3 Å². The molecular weight excluding hydrogens is 236 g/mol. The van der Waals surface area contributed by atoms with Gasteiger partial charge in [-0.3, -0.25) is 14.5 Å². The van der Waals surface area contributed by atoms with Gasteiger partial charge in [0.15, 0.2) is 0 Å². The molecule has 0 unspecified atom stereocenters. The molecule has 90 valence electrons. The zero-order valence-electron chi connectivity index (χ0n) is 9.39. The fourth-order valence-corrected chi connectivity index (χ4v) is 2.53. The van der Waals surface area contributed by atoms with Gasteiger partial charge in [0.1, 0.15) is 0 Å². The molecule has 0 aromatic heterocycles. The number of carbonyl (C=O) groups is 2. The number of rotatable bonds is 4. The van der Waals surface area contributed by atoms with E-state index in [1.54, 1.807) is 11.8 Å². The van der Waals surface area contributed by atoms with Crippen LogP contribution in [0, 0.1) is 0 Å². The Balaban J connectivity index is 1.81. The van der Waals surface area contributed by atoms with Gasteiger partial charge in [-0.1, -0.05) is 0 Å². The lowest BCUT2D eigenvalue weighted by Gasteiger charge is -2.12. The number of nitrogen functional groups attached to an aromatic ring is 1. The Hall–Kier alpha value is -1.49. The van der Waals surface area contributed by atoms with E-state index in [9.17, 15) is 9.59 Å². The molecule has 0 spiro atoms. The molecule has 0 saturated carbocycles. The summed E-state index contributed by atoms with van der Waals surface area (Å²) in [5.41, 5.74) is 6.32. The van der Waals surface area contributed by atoms with Crippen molar-refractivity contribution in [2.45, 2.75) is 17.7 Å². The fraction of sp³-hybridized carbons (Fsp3) is 0.333. The Bertz CT molecular complexity index is 415. The summed E-state index contributed by atoms with van der Waals surface area (Å²) in [6.07, 6.45) is 0.733. The van der Waals surface area contributed by atoms with Crippen LogP contribution < -0.4 is 5.73 Å². The summed E-state index contributed by atoms with van der Waals surface area (Å²) in [5.74, 6) is 0.627. The standard InChI is InChI=1S/C12H14N2O2S/c13-9-1-3-10(4-2-9)17-8-7-14-11(15)5-6-12(14)16/h1-4H,5-8,13H2. The lowest BCUT2D eigenvalue weighted by molar-refractivity contribution is -0.137. The lowest BCUT2D eigenvalue weighted by atomic mass is 10.3. The van der Waals surface area contributed by atoms with Crippen molar-refractivity contribution in [2.24, 2.45) is 0 Å². The van der Waals surface area contributed by atoms with E-state index in [2.05, 4.69) is 0 Å². The summed E-state index contributed by atoms with van der Waals surface area (Å²) < 4.78 is 0. The number of hydrogen-bond donors (Lipinski definition) is 1. The molecule has 1 aliphatic rings. The molecule has 0 aliphatic carbocycles. The van der Waals surface area contributed by atoms with Crippen molar-refractivity contribution in [1.29, 1.82) is 0 Å². The van der Waals surface area contributed by atoms with Crippen LogP contribution in [0.15, 0.2) is 29.2 Å². The first-order valence-corrected chi connectivity index (χ1v) is 6.47. The maximum atomic E-state index is 11.4. The van der Waals surface area contributed by atoms with Crippen molar-refractivity contribution in [1.82, 2.24) is 4.90 Å². The topological polar surface area (TPSA) is 63.4 Å². The number of nitrogens with two attached hydrogens (primary N) is 1. The number of hydrogen-bond acceptors (Lipinski definition) is 4. The number of carbonyl (C=O) groups excluding carboxylic acids is 2. The van der Waals surface area contributed by atoms with E-state index in [-0.39, 0.29) is 11.8 Å². The fourth-order valence-electron chi connectivity index (χ4n) is 1.69. The average Bonchev–Trinajstić information content (AvgIpc) is 2.63.